The minimum Gasteiger partial charge on any atom is -0.396 e. The fourth-order valence-electron chi connectivity index (χ4n) is 3.92. The van der Waals surface area contributed by atoms with E-state index in [0.717, 1.165) is 44.8 Å². The molecule has 1 heterocycles. The lowest BCUT2D eigenvalue weighted by molar-refractivity contribution is 0.221. The number of rotatable bonds is 8. The lowest BCUT2D eigenvalue weighted by Gasteiger charge is -2.23. The summed E-state index contributed by atoms with van der Waals surface area (Å²) in [6.07, 6.45) is 9.38. The molecule has 0 aromatic carbocycles. The summed E-state index contributed by atoms with van der Waals surface area (Å²) in [5.74, 6) is 0.388. The van der Waals surface area contributed by atoms with Gasteiger partial charge in [-0.05, 0) is 38.0 Å². The summed E-state index contributed by atoms with van der Waals surface area (Å²) in [5, 5.41) is 15.2. The number of nitrogens with zero attached hydrogens (tertiary/aromatic N) is 1. The van der Waals surface area contributed by atoms with Crippen LogP contribution in [0.3, 0.4) is 0 Å². The van der Waals surface area contributed by atoms with Crippen LogP contribution in [0.1, 0.15) is 58.3 Å². The molecule has 0 bridgehead atoms. The van der Waals surface area contributed by atoms with Gasteiger partial charge in [0.15, 0.2) is 0 Å². The van der Waals surface area contributed by atoms with Gasteiger partial charge < -0.3 is 15.7 Å². The van der Waals surface area contributed by atoms with Gasteiger partial charge in [0.25, 0.3) is 0 Å². The molecule has 2 fully saturated rings. The molecule has 2 atom stereocenters. The zero-order valence-corrected chi connectivity index (χ0v) is 14.0. The van der Waals surface area contributed by atoms with E-state index in [9.17, 15) is 4.79 Å². The molecule has 1 saturated heterocycles. The standard InChI is InChI=1S/C17H33N3O2/c1-2-5-14(9-11-21)12-18-17(22)19-15-8-10-20(13-15)16-6-3-4-7-16/h14-16,21H,2-13H2,1H3,(H2,18,19,22). The largest absolute Gasteiger partial charge is 0.396 e. The third kappa shape index (κ3) is 5.43. The van der Waals surface area contributed by atoms with Crippen molar-refractivity contribution in [2.45, 2.75) is 70.4 Å². The summed E-state index contributed by atoms with van der Waals surface area (Å²) in [7, 11) is 0. The number of aliphatic hydroxyl groups is 1. The smallest absolute Gasteiger partial charge is 0.315 e. The van der Waals surface area contributed by atoms with Crippen LogP contribution >= 0.6 is 0 Å². The summed E-state index contributed by atoms with van der Waals surface area (Å²) < 4.78 is 0. The molecule has 0 aromatic heterocycles. The van der Waals surface area contributed by atoms with Crippen molar-refractivity contribution < 1.29 is 9.90 Å². The average molecular weight is 311 g/mol. The zero-order valence-electron chi connectivity index (χ0n) is 14.0. The van der Waals surface area contributed by atoms with Crippen molar-refractivity contribution in [3.63, 3.8) is 0 Å². The van der Waals surface area contributed by atoms with Crippen molar-refractivity contribution >= 4 is 6.03 Å². The van der Waals surface area contributed by atoms with E-state index < -0.39 is 0 Å². The average Bonchev–Trinajstić information content (AvgIpc) is 3.16. The van der Waals surface area contributed by atoms with Crippen molar-refractivity contribution in [3.8, 4) is 0 Å². The van der Waals surface area contributed by atoms with Crippen LogP contribution in [0.15, 0.2) is 0 Å². The number of amides is 2. The Hall–Kier alpha value is -0.810. The number of nitrogens with one attached hydrogen (secondary N) is 2. The zero-order chi connectivity index (χ0) is 15.8. The van der Waals surface area contributed by atoms with Crippen LogP contribution in [0.5, 0.6) is 0 Å². The molecule has 2 unspecified atom stereocenters. The third-order valence-electron chi connectivity index (χ3n) is 5.18. The van der Waals surface area contributed by atoms with Gasteiger partial charge in [0.05, 0.1) is 0 Å². The van der Waals surface area contributed by atoms with Gasteiger partial charge in [-0.1, -0.05) is 26.2 Å². The third-order valence-corrected chi connectivity index (χ3v) is 5.18. The molecule has 22 heavy (non-hydrogen) atoms. The first kappa shape index (κ1) is 17.5. The number of urea groups is 1. The Labute approximate surface area is 134 Å². The molecule has 0 spiro atoms. The Morgan fingerprint density at radius 2 is 2.05 bits per heavy atom. The van der Waals surface area contributed by atoms with Gasteiger partial charge in [-0.25, -0.2) is 4.79 Å². The van der Waals surface area contributed by atoms with E-state index in [4.69, 9.17) is 5.11 Å². The van der Waals surface area contributed by atoms with E-state index in [1.54, 1.807) is 0 Å². The van der Waals surface area contributed by atoms with Crippen LogP contribution < -0.4 is 10.6 Å². The number of hydrogen-bond donors (Lipinski definition) is 3. The maximum absolute atomic E-state index is 12.0. The topological polar surface area (TPSA) is 64.6 Å². The summed E-state index contributed by atoms with van der Waals surface area (Å²) in [4.78, 5) is 14.6. The molecule has 128 valence electrons. The SMILES string of the molecule is CCCC(CCO)CNC(=O)NC1CCN(C2CCCC2)C1. The Balaban J connectivity index is 1.64. The van der Waals surface area contributed by atoms with Crippen LogP contribution in [0.2, 0.25) is 0 Å². The first-order valence-corrected chi connectivity index (χ1v) is 9.12. The molecule has 1 saturated carbocycles. The number of likely N-dealkylation sites (tertiary alicyclic amines) is 1. The quantitative estimate of drug-likeness (QED) is 0.643. The minimum atomic E-state index is -0.0442. The highest BCUT2D eigenvalue weighted by atomic mass is 16.3. The second-order valence-corrected chi connectivity index (χ2v) is 6.94. The van der Waals surface area contributed by atoms with E-state index >= 15 is 0 Å². The molecule has 5 nitrogen and oxygen atoms in total. The van der Waals surface area contributed by atoms with Gasteiger partial charge in [-0.15, -0.1) is 0 Å². The van der Waals surface area contributed by atoms with Crippen LogP contribution in [-0.2, 0) is 0 Å². The first-order valence-electron chi connectivity index (χ1n) is 9.12. The normalized spacial score (nSPS) is 24.5. The molecule has 0 aromatic rings. The molecular weight excluding hydrogens is 278 g/mol. The lowest BCUT2D eigenvalue weighted by atomic mass is 10.0. The molecular formula is C17H33N3O2. The second-order valence-electron chi connectivity index (χ2n) is 6.94. The highest BCUT2D eigenvalue weighted by molar-refractivity contribution is 5.74. The molecule has 0 radical (unpaired) electrons. The maximum Gasteiger partial charge on any atom is 0.315 e. The number of hydrogen-bond acceptors (Lipinski definition) is 3. The van der Waals surface area contributed by atoms with Gasteiger partial charge in [0.2, 0.25) is 0 Å². The van der Waals surface area contributed by atoms with Crippen molar-refractivity contribution in [2.24, 2.45) is 5.92 Å². The van der Waals surface area contributed by atoms with Crippen molar-refractivity contribution in [3.05, 3.63) is 0 Å². The highest BCUT2D eigenvalue weighted by Crippen LogP contribution is 2.26. The molecule has 3 N–H and O–H groups in total. The first-order chi connectivity index (χ1) is 10.7. The maximum atomic E-state index is 12.0. The van der Waals surface area contributed by atoms with E-state index in [1.807, 2.05) is 0 Å². The van der Waals surface area contributed by atoms with E-state index in [-0.39, 0.29) is 12.6 Å². The van der Waals surface area contributed by atoms with E-state index in [0.29, 0.717) is 18.5 Å². The molecule has 1 aliphatic heterocycles. The van der Waals surface area contributed by atoms with Gasteiger partial charge in [-0.3, -0.25) is 4.90 Å². The summed E-state index contributed by atoms with van der Waals surface area (Å²) in [5.41, 5.74) is 0. The molecule has 2 rings (SSSR count). The summed E-state index contributed by atoms with van der Waals surface area (Å²) in [6, 6.07) is 1.01. The van der Waals surface area contributed by atoms with Crippen molar-refractivity contribution in [1.29, 1.82) is 0 Å². The van der Waals surface area contributed by atoms with Gasteiger partial charge in [-0.2, -0.15) is 0 Å². The van der Waals surface area contributed by atoms with Crippen LogP contribution in [0.4, 0.5) is 4.79 Å². The van der Waals surface area contributed by atoms with Crippen molar-refractivity contribution in [1.82, 2.24) is 15.5 Å². The van der Waals surface area contributed by atoms with Gasteiger partial charge in [0, 0.05) is 38.3 Å². The van der Waals surface area contributed by atoms with Crippen LogP contribution in [0, 0.1) is 5.92 Å². The predicted molar refractivity (Wildman–Crippen MR) is 88.9 cm³/mol. The summed E-state index contributed by atoms with van der Waals surface area (Å²) >= 11 is 0. The molecule has 2 aliphatic rings. The molecule has 1 aliphatic carbocycles. The Morgan fingerprint density at radius 3 is 2.73 bits per heavy atom. The predicted octanol–water partition coefficient (Wildman–Crippen LogP) is 2.10. The van der Waals surface area contributed by atoms with E-state index in [2.05, 4.69) is 22.5 Å². The van der Waals surface area contributed by atoms with Gasteiger partial charge >= 0.3 is 6.03 Å². The molecule has 5 heteroatoms. The van der Waals surface area contributed by atoms with Gasteiger partial charge in [0.1, 0.15) is 0 Å². The highest BCUT2D eigenvalue weighted by Gasteiger charge is 2.30. The Morgan fingerprint density at radius 1 is 1.27 bits per heavy atom. The fourth-order valence-corrected chi connectivity index (χ4v) is 3.92. The Bertz CT molecular complexity index is 326. The van der Waals surface area contributed by atoms with Crippen molar-refractivity contribution in [2.75, 3.05) is 26.2 Å². The van der Waals surface area contributed by atoms with Crippen LogP contribution in [-0.4, -0.2) is 54.4 Å². The monoisotopic (exact) mass is 311 g/mol. The Kier molecular flexibility index (Phi) is 7.46. The summed E-state index contributed by atoms with van der Waals surface area (Å²) in [6.45, 7) is 5.14. The van der Waals surface area contributed by atoms with E-state index in [1.165, 1.54) is 25.7 Å². The number of carbonyl (C=O) groups is 1. The number of carbonyl (C=O) groups excluding carboxylic acids is 1. The molecule has 2 amide bonds. The number of aliphatic hydroxyl groups excluding tert-OH is 1. The fraction of sp³-hybridized carbons (Fsp3) is 0.941. The van der Waals surface area contributed by atoms with Crippen LogP contribution in [0.25, 0.3) is 0 Å². The second kappa shape index (κ2) is 9.36. The minimum absolute atomic E-state index is 0.0442. The lowest BCUT2D eigenvalue weighted by Crippen LogP contribution is -2.45.